The number of hydrogen-bond donors (Lipinski definition) is 0. The van der Waals surface area contributed by atoms with Crippen molar-refractivity contribution < 1.29 is 0 Å². The van der Waals surface area contributed by atoms with Crippen molar-refractivity contribution in [3.63, 3.8) is 0 Å². The smallest absolute Gasteiger partial charge is 0.161 e. The average Bonchev–Trinajstić information content (AvgIpc) is 2.96. The molecule has 0 aliphatic carbocycles. The van der Waals surface area contributed by atoms with Gasteiger partial charge in [0.25, 0.3) is 0 Å². The Morgan fingerprint density at radius 3 is 2.67 bits per heavy atom. The van der Waals surface area contributed by atoms with Crippen molar-refractivity contribution in [1.29, 1.82) is 0 Å². The van der Waals surface area contributed by atoms with Gasteiger partial charge in [0.1, 0.15) is 11.3 Å². The first-order valence-electron chi connectivity index (χ1n) is 7.99. The first-order chi connectivity index (χ1) is 10.4. The summed E-state index contributed by atoms with van der Waals surface area (Å²) in [5.41, 5.74) is 2.17. The van der Waals surface area contributed by atoms with Gasteiger partial charge in [0.05, 0.1) is 10.6 Å². The zero-order chi connectivity index (χ0) is 14.1. The number of thioether (sulfide) groups is 2. The quantitative estimate of drug-likeness (QED) is 0.795. The molecule has 0 amide bonds. The van der Waals surface area contributed by atoms with Crippen LogP contribution in [0.2, 0.25) is 0 Å². The lowest BCUT2D eigenvalue weighted by molar-refractivity contribution is 0.543. The molecule has 112 valence electrons. The minimum absolute atomic E-state index is 0.538. The van der Waals surface area contributed by atoms with Crippen LogP contribution in [0.3, 0.4) is 0 Å². The molecule has 4 rings (SSSR count). The van der Waals surface area contributed by atoms with E-state index in [1.807, 2.05) is 12.3 Å². The third-order valence-corrected chi connectivity index (χ3v) is 7.12. The monoisotopic (exact) mass is 319 g/mol. The van der Waals surface area contributed by atoms with Crippen LogP contribution in [0, 0.1) is 0 Å². The topological polar surface area (TPSA) is 30.7 Å². The Hall–Kier alpha value is -0.680. The average molecular weight is 319 g/mol. The number of nitrogens with zero attached hydrogens (tertiary/aromatic N) is 3. The van der Waals surface area contributed by atoms with Gasteiger partial charge in [-0.15, -0.1) is 11.8 Å². The molecule has 21 heavy (non-hydrogen) atoms. The molecule has 0 aromatic carbocycles. The standard InChI is InChI=1S/C16H21N3S2/c1-3-10-20-13(7-1)16-18-12-6-5-9-17-15(12)19(16)14-8-2-4-11-21-14/h5-6,9,13-14H,1-4,7-8,10-11H2. The van der Waals surface area contributed by atoms with Gasteiger partial charge in [-0.05, 0) is 55.7 Å². The molecule has 0 spiro atoms. The maximum absolute atomic E-state index is 4.98. The van der Waals surface area contributed by atoms with Gasteiger partial charge in [-0.2, -0.15) is 11.8 Å². The molecular formula is C16H21N3S2. The lowest BCUT2D eigenvalue weighted by atomic mass is 10.1. The van der Waals surface area contributed by atoms with E-state index in [-0.39, 0.29) is 0 Å². The summed E-state index contributed by atoms with van der Waals surface area (Å²) in [5, 5.41) is 1.10. The van der Waals surface area contributed by atoms with Gasteiger partial charge in [0, 0.05) is 6.20 Å². The second-order valence-corrected chi connectivity index (χ2v) is 8.46. The van der Waals surface area contributed by atoms with Crippen LogP contribution >= 0.6 is 23.5 Å². The van der Waals surface area contributed by atoms with E-state index in [1.165, 1.54) is 55.9 Å². The molecule has 0 radical (unpaired) electrons. The first-order valence-corrected chi connectivity index (χ1v) is 10.1. The third kappa shape index (κ3) is 2.70. The van der Waals surface area contributed by atoms with Crippen molar-refractivity contribution in [3.05, 3.63) is 24.2 Å². The van der Waals surface area contributed by atoms with E-state index in [9.17, 15) is 0 Å². The molecule has 0 N–H and O–H groups in total. The lowest BCUT2D eigenvalue weighted by Gasteiger charge is -2.28. The Morgan fingerprint density at radius 1 is 1.05 bits per heavy atom. The molecule has 2 aliphatic rings. The summed E-state index contributed by atoms with van der Waals surface area (Å²) in [6.45, 7) is 0. The molecule has 0 saturated carbocycles. The Morgan fingerprint density at radius 2 is 1.90 bits per heavy atom. The fraction of sp³-hybridized carbons (Fsp3) is 0.625. The third-order valence-electron chi connectivity index (χ3n) is 4.39. The van der Waals surface area contributed by atoms with Gasteiger partial charge in [0.15, 0.2) is 5.65 Å². The Balaban J connectivity index is 1.79. The molecule has 2 aliphatic heterocycles. The minimum atomic E-state index is 0.538. The highest BCUT2D eigenvalue weighted by Gasteiger charge is 2.28. The highest BCUT2D eigenvalue weighted by molar-refractivity contribution is 7.99. The van der Waals surface area contributed by atoms with Crippen molar-refractivity contribution in [2.45, 2.75) is 49.1 Å². The summed E-state index contributed by atoms with van der Waals surface area (Å²) in [5.74, 6) is 3.83. The van der Waals surface area contributed by atoms with Gasteiger partial charge < -0.3 is 0 Å². The number of hydrogen-bond acceptors (Lipinski definition) is 4. The van der Waals surface area contributed by atoms with Crippen molar-refractivity contribution in [1.82, 2.24) is 14.5 Å². The maximum Gasteiger partial charge on any atom is 0.161 e. The fourth-order valence-corrected chi connectivity index (χ4v) is 5.97. The predicted molar refractivity (Wildman–Crippen MR) is 91.9 cm³/mol. The molecule has 2 atom stereocenters. The molecule has 5 heteroatoms. The zero-order valence-corrected chi connectivity index (χ0v) is 13.8. The summed E-state index contributed by atoms with van der Waals surface area (Å²) in [6.07, 6.45) is 9.83. The second-order valence-electron chi connectivity index (χ2n) is 5.86. The van der Waals surface area contributed by atoms with Crippen LogP contribution in [-0.4, -0.2) is 26.0 Å². The number of fused-ring (bicyclic) bond motifs is 1. The normalized spacial score (nSPS) is 27.0. The summed E-state index contributed by atoms with van der Waals surface area (Å²) < 4.78 is 2.47. The maximum atomic E-state index is 4.98. The molecule has 0 bridgehead atoms. The Bertz CT molecular complexity index is 613. The van der Waals surface area contributed by atoms with E-state index in [2.05, 4.69) is 39.1 Å². The molecule has 2 fully saturated rings. The molecule has 2 aromatic heterocycles. The highest BCUT2D eigenvalue weighted by Crippen LogP contribution is 2.43. The van der Waals surface area contributed by atoms with Gasteiger partial charge in [-0.3, -0.25) is 4.57 Å². The zero-order valence-electron chi connectivity index (χ0n) is 12.2. The predicted octanol–water partition coefficient (Wildman–Crippen LogP) is 4.81. The largest absolute Gasteiger partial charge is 0.299 e. The molecular weight excluding hydrogens is 298 g/mol. The van der Waals surface area contributed by atoms with E-state index >= 15 is 0 Å². The minimum Gasteiger partial charge on any atom is -0.299 e. The van der Waals surface area contributed by atoms with Crippen molar-refractivity contribution in [2.75, 3.05) is 11.5 Å². The molecule has 3 nitrogen and oxygen atoms in total. The van der Waals surface area contributed by atoms with Crippen molar-refractivity contribution >= 4 is 34.7 Å². The van der Waals surface area contributed by atoms with Gasteiger partial charge in [-0.25, -0.2) is 9.97 Å². The number of pyridine rings is 1. The number of aromatic nitrogens is 3. The molecule has 2 unspecified atom stereocenters. The number of imidazole rings is 1. The molecule has 2 saturated heterocycles. The van der Waals surface area contributed by atoms with E-state index in [1.54, 1.807) is 0 Å². The van der Waals surface area contributed by atoms with Crippen LogP contribution in [0.5, 0.6) is 0 Å². The van der Waals surface area contributed by atoms with Gasteiger partial charge in [0.2, 0.25) is 0 Å². The summed E-state index contributed by atoms with van der Waals surface area (Å²) in [6, 6.07) is 4.12. The highest BCUT2D eigenvalue weighted by atomic mass is 32.2. The lowest BCUT2D eigenvalue weighted by Crippen LogP contribution is -2.16. The van der Waals surface area contributed by atoms with Crippen molar-refractivity contribution in [3.8, 4) is 0 Å². The Kier molecular flexibility index (Phi) is 4.12. The van der Waals surface area contributed by atoms with Crippen LogP contribution < -0.4 is 0 Å². The molecule has 4 heterocycles. The Labute approximate surface area is 134 Å². The summed E-state index contributed by atoms with van der Waals surface area (Å²) in [4.78, 5) is 9.63. The van der Waals surface area contributed by atoms with Crippen LogP contribution in [0.25, 0.3) is 11.2 Å². The summed E-state index contributed by atoms with van der Waals surface area (Å²) in [7, 11) is 0. The van der Waals surface area contributed by atoms with E-state index in [0.717, 1.165) is 11.2 Å². The van der Waals surface area contributed by atoms with Crippen LogP contribution in [0.4, 0.5) is 0 Å². The first kappa shape index (κ1) is 13.9. The van der Waals surface area contributed by atoms with Crippen LogP contribution in [0.15, 0.2) is 18.3 Å². The second kappa shape index (κ2) is 6.21. The van der Waals surface area contributed by atoms with Gasteiger partial charge >= 0.3 is 0 Å². The van der Waals surface area contributed by atoms with Crippen LogP contribution in [-0.2, 0) is 0 Å². The molecule has 2 aromatic rings. The van der Waals surface area contributed by atoms with Crippen LogP contribution in [0.1, 0.15) is 55.0 Å². The fourth-order valence-electron chi connectivity index (χ4n) is 3.33. The summed E-state index contributed by atoms with van der Waals surface area (Å²) >= 11 is 4.18. The number of rotatable bonds is 2. The van der Waals surface area contributed by atoms with E-state index < -0.39 is 0 Å². The SMILES string of the molecule is c1cnc2c(c1)nc(C1CCCCS1)n2C1CCCCS1. The van der Waals surface area contributed by atoms with Crippen molar-refractivity contribution in [2.24, 2.45) is 0 Å². The van der Waals surface area contributed by atoms with E-state index in [4.69, 9.17) is 4.98 Å². The van der Waals surface area contributed by atoms with Gasteiger partial charge in [-0.1, -0.05) is 6.42 Å². The van der Waals surface area contributed by atoms with E-state index in [0.29, 0.717) is 10.6 Å².